The first-order chi connectivity index (χ1) is 11.2. The summed E-state index contributed by atoms with van der Waals surface area (Å²) >= 11 is 0. The van der Waals surface area contributed by atoms with Gasteiger partial charge in [-0.1, -0.05) is 43.3 Å². The van der Waals surface area contributed by atoms with Crippen molar-refractivity contribution in [2.45, 2.75) is 19.4 Å². The van der Waals surface area contributed by atoms with Crippen LogP contribution in [0.2, 0.25) is 0 Å². The van der Waals surface area contributed by atoms with Crippen LogP contribution in [0.3, 0.4) is 0 Å². The Kier molecular flexibility index (Phi) is 3.45. The topological polar surface area (TPSA) is 47.6 Å². The van der Waals surface area contributed by atoms with Crippen LogP contribution in [-0.4, -0.2) is 12.7 Å². The highest BCUT2D eigenvalue weighted by atomic mass is 16.7. The number of fused-ring (bicyclic) bond motifs is 1. The van der Waals surface area contributed by atoms with Gasteiger partial charge >= 0.3 is 0 Å². The predicted octanol–water partition coefficient (Wildman–Crippen LogP) is 3.54. The van der Waals surface area contributed by atoms with Gasteiger partial charge in [-0.05, 0) is 36.0 Å². The standard InChI is InChI=1S/C19H19NO3/c1-12-10-15(12)17(13-6-3-2-4-7-13)20-19(21)14-8-5-9-16-18(14)23-11-22-16/h2-9,12,15,17H,10-11H2,1H3,(H,20,21). The molecule has 3 unspecified atom stereocenters. The molecule has 1 aliphatic heterocycles. The smallest absolute Gasteiger partial charge is 0.255 e. The molecule has 1 N–H and O–H groups in total. The van der Waals surface area contributed by atoms with E-state index in [9.17, 15) is 4.79 Å². The van der Waals surface area contributed by atoms with Crippen molar-refractivity contribution in [3.63, 3.8) is 0 Å². The molecule has 0 radical (unpaired) electrons. The molecule has 2 aromatic carbocycles. The van der Waals surface area contributed by atoms with Crippen molar-refractivity contribution >= 4 is 5.91 Å². The first-order valence-electron chi connectivity index (χ1n) is 7.98. The summed E-state index contributed by atoms with van der Waals surface area (Å²) in [5, 5.41) is 3.20. The van der Waals surface area contributed by atoms with E-state index in [1.54, 1.807) is 6.07 Å². The Hall–Kier alpha value is -2.49. The number of para-hydroxylation sites is 1. The van der Waals surface area contributed by atoms with Gasteiger partial charge in [-0.3, -0.25) is 4.79 Å². The fraction of sp³-hybridized carbons (Fsp3) is 0.316. The van der Waals surface area contributed by atoms with E-state index in [0.717, 1.165) is 12.0 Å². The third-order valence-corrected chi connectivity index (χ3v) is 4.69. The van der Waals surface area contributed by atoms with Crippen LogP contribution in [0.4, 0.5) is 0 Å². The number of carbonyl (C=O) groups excluding carboxylic acids is 1. The second kappa shape index (κ2) is 5.61. The van der Waals surface area contributed by atoms with Crippen molar-refractivity contribution in [1.82, 2.24) is 5.32 Å². The van der Waals surface area contributed by atoms with E-state index >= 15 is 0 Å². The highest BCUT2D eigenvalue weighted by Gasteiger charge is 2.41. The minimum absolute atomic E-state index is 0.0388. The monoisotopic (exact) mass is 309 g/mol. The van der Waals surface area contributed by atoms with Crippen LogP contribution in [0.1, 0.15) is 35.3 Å². The zero-order chi connectivity index (χ0) is 15.8. The SMILES string of the molecule is CC1CC1C(NC(=O)c1cccc2c1OCO2)c1ccccc1. The summed E-state index contributed by atoms with van der Waals surface area (Å²) in [6.07, 6.45) is 1.15. The molecule has 4 heteroatoms. The van der Waals surface area contributed by atoms with Gasteiger partial charge in [0.2, 0.25) is 6.79 Å². The van der Waals surface area contributed by atoms with Crippen LogP contribution in [0.25, 0.3) is 0 Å². The van der Waals surface area contributed by atoms with Crippen molar-refractivity contribution in [3.05, 3.63) is 59.7 Å². The van der Waals surface area contributed by atoms with Crippen molar-refractivity contribution in [1.29, 1.82) is 0 Å². The lowest BCUT2D eigenvalue weighted by Gasteiger charge is -2.20. The number of hydrogen-bond donors (Lipinski definition) is 1. The maximum atomic E-state index is 12.8. The Labute approximate surface area is 135 Å². The molecule has 1 amide bonds. The predicted molar refractivity (Wildman–Crippen MR) is 86.5 cm³/mol. The first kappa shape index (κ1) is 14.1. The molecule has 0 saturated heterocycles. The maximum absolute atomic E-state index is 12.8. The molecule has 2 aliphatic rings. The normalized spacial score (nSPS) is 22.5. The Bertz CT molecular complexity index is 729. The van der Waals surface area contributed by atoms with E-state index in [-0.39, 0.29) is 18.7 Å². The molecule has 23 heavy (non-hydrogen) atoms. The molecule has 1 heterocycles. The molecule has 0 aromatic heterocycles. The Morgan fingerprint density at radius 1 is 1.13 bits per heavy atom. The van der Waals surface area contributed by atoms with Crippen LogP contribution in [-0.2, 0) is 0 Å². The first-order valence-corrected chi connectivity index (χ1v) is 7.98. The molecule has 1 aliphatic carbocycles. The van der Waals surface area contributed by atoms with E-state index in [1.807, 2.05) is 30.3 Å². The van der Waals surface area contributed by atoms with E-state index < -0.39 is 0 Å². The third kappa shape index (κ3) is 2.65. The summed E-state index contributed by atoms with van der Waals surface area (Å²) in [6, 6.07) is 15.6. The summed E-state index contributed by atoms with van der Waals surface area (Å²) in [4.78, 5) is 12.8. The van der Waals surface area contributed by atoms with Gasteiger partial charge in [0.15, 0.2) is 11.5 Å². The van der Waals surface area contributed by atoms with Gasteiger partial charge in [0.05, 0.1) is 11.6 Å². The van der Waals surface area contributed by atoms with E-state index in [2.05, 4.69) is 24.4 Å². The number of nitrogens with one attached hydrogen (secondary N) is 1. The molecular weight excluding hydrogens is 290 g/mol. The van der Waals surface area contributed by atoms with Gasteiger partial charge in [0.1, 0.15) is 0 Å². The van der Waals surface area contributed by atoms with Crippen molar-refractivity contribution < 1.29 is 14.3 Å². The molecule has 2 aromatic rings. The van der Waals surface area contributed by atoms with Gasteiger partial charge in [0.25, 0.3) is 5.91 Å². The van der Waals surface area contributed by atoms with Crippen LogP contribution in [0.15, 0.2) is 48.5 Å². The van der Waals surface area contributed by atoms with Crippen LogP contribution in [0.5, 0.6) is 11.5 Å². The van der Waals surface area contributed by atoms with Crippen molar-refractivity contribution in [3.8, 4) is 11.5 Å². The lowest BCUT2D eigenvalue weighted by Crippen LogP contribution is -2.30. The quantitative estimate of drug-likeness (QED) is 0.939. The molecule has 1 saturated carbocycles. The van der Waals surface area contributed by atoms with Gasteiger partial charge in [-0.2, -0.15) is 0 Å². The minimum atomic E-state index is -0.111. The fourth-order valence-electron chi connectivity index (χ4n) is 3.24. The molecule has 4 rings (SSSR count). The molecule has 1 fully saturated rings. The zero-order valence-electron chi connectivity index (χ0n) is 13.0. The lowest BCUT2D eigenvalue weighted by molar-refractivity contribution is 0.0926. The summed E-state index contributed by atoms with van der Waals surface area (Å²) < 4.78 is 10.8. The number of rotatable bonds is 4. The molecule has 3 atom stereocenters. The van der Waals surface area contributed by atoms with Crippen LogP contribution < -0.4 is 14.8 Å². The van der Waals surface area contributed by atoms with Crippen molar-refractivity contribution in [2.75, 3.05) is 6.79 Å². The molecule has 118 valence electrons. The summed E-state index contributed by atoms with van der Waals surface area (Å²) in [7, 11) is 0. The average Bonchev–Trinajstić information content (AvgIpc) is 3.11. The van der Waals surface area contributed by atoms with Crippen LogP contribution >= 0.6 is 0 Å². The second-order valence-corrected chi connectivity index (χ2v) is 6.28. The molecule has 4 nitrogen and oxygen atoms in total. The van der Waals surface area contributed by atoms with Gasteiger partial charge in [-0.15, -0.1) is 0 Å². The fourth-order valence-corrected chi connectivity index (χ4v) is 3.24. The van der Waals surface area contributed by atoms with Gasteiger partial charge in [0, 0.05) is 0 Å². The molecular formula is C19H19NO3. The highest BCUT2D eigenvalue weighted by Crippen LogP contribution is 2.47. The number of ether oxygens (including phenoxy) is 2. The number of hydrogen-bond acceptors (Lipinski definition) is 3. The van der Waals surface area contributed by atoms with Crippen LogP contribution in [0, 0.1) is 11.8 Å². The average molecular weight is 309 g/mol. The summed E-state index contributed by atoms with van der Waals surface area (Å²) in [5.41, 5.74) is 1.69. The number of amides is 1. The number of carbonyl (C=O) groups is 1. The summed E-state index contributed by atoms with van der Waals surface area (Å²) in [6.45, 7) is 2.39. The largest absolute Gasteiger partial charge is 0.454 e. The minimum Gasteiger partial charge on any atom is -0.454 e. The van der Waals surface area contributed by atoms with E-state index in [4.69, 9.17) is 9.47 Å². The Morgan fingerprint density at radius 2 is 1.91 bits per heavy atom. The Morgan fingerprint density at radius 3 is 2.65 bits per heavy atom. The molecule has 0 bridgehead atoms. The van der Waals surface area contributed by atoms with Gasteiger partial charge in [-0.25, -0.2) is 0 Å². The maximum Gasteiger partial charge on any atom is 0.255 e. The van der Waals surface area contributed by atoms with E-state index in [1.165, 1.54) is 0 Å². The van der Waals surface area contributed by atoms with Crippen molar-refractivity contribution in [2.24, 2.45) is 11.8 Å². The zero-order valence-corrected chi connectivity index (χ0v) is 13.0. The third-order valence-electron chi connectivity index (χ3n) is 4.69. The molecule has 0 spiro atoms. The van der Waals surface area contributed by atoms with E-state index in [0.29, 0.717) is 28.9 Å². The second-order valence-electron chi connectivity index (χ2n) is 6.28. The van der Waals surface area contributed by atoms with Gasteiger partial charge < -0.3 is 14.8 Å². The Balaban J connectivity index is 1.60. The highest BCUT2D eigenvalue weighted by molar-refractivity contribution is 5.98. The number of benzene rings is 2. The summed E-state index contributed by atoms with van der Waals surface area (Å²) in [5.74, 6) is 2.20. The lowest BCUT2D eigenvalue weighted by atomic mass is 10.0.